The maximum atomic E-state index is 12.4. The molecule has 2 rings (SSSR count). The molecular formula is C15H20BrNO3. The number of rotatable bonds is 4. The number of halogens is 1. The van der Waals surface area contributed by atoms with Crippen LogP contribution in [0.5, 0.6) is 11.5 Å². The molecule has 4 nitrogen and oxygen atoms in total. The number of nitrogens with one attached hydrogen (secondary N) is 1. The quantitative estimate of drug-likeness (QED) is 0.856. The molecule has 0 aromatic heterocycles. The highest BCUT2D eigenvalue weighted by Crippen LogP contribution is 2.26. The van der Waals surface area contributed by atoms with E-state index in [2.05, 4.69) is 21.2 Å². The lowest BCUT2D eigenvalue weighted by Gasteiger charge is -2.28. The van der Waals surface area contributed by atoms with Crippen molar-refractivity contribution in [3.05, 3.63) is 23.8 Å². The van der Waals surface area contributed by atoms with Crippen LogP contribution in [0.3, 0.4) is 0 Å². The molecule has 0 aliphatic heterocycles. The minimum Gasteiger partial charge on any atom is -0.497 e. The minimum atomic E-state index is -0.0847. The molecule has 1 amide bonds. The molecule has 5 heteroatoms. The predicted octanol–water partition coefficient (Wildman–Crippen LogP) is 3.14. The maximum absolute atomic E-state index is 12.4. The van der Waals surface area contributed by atoms with Crippen molar-refractivity contribution in [2.45, 2.75) is 36.6 Å². The van der Waals surface area contributed by atoms with E-state index in [-0.39, 0.29) is 11.9 Å². The molecule has 0 spiro atoms. The smallest absolute Gasteiger partial charge is 0.251 e. The first-order valence-electron chi connectivity index (χ1n) is 6.82. The summed E-state index contributed by atoms with van der Waals surface area (Å²) in [5.74, 6) is 1.15. The predicted molar refractivity (Wildman–Crippen MR) is 82.0 cm³/mol. The molecule has 1 N–H and O–H groups in total. The fourth-order valence-corrected chi connectivity index (χ4v) is 3.16. The molecule has 2 atom stereocenters. The second-order valence-corrected chi connectivity index (χ2v) is 6.16. The molecular weight excluding hydrogens is 322 g/mol. The van der Waals surface area contributed by atoms with E-state index in [1.807, 2.05) is 0 Å². The van der Waals surface area contributed by atoms with Crippen LogP contribution in [0.1, 0.15) is 36.0 Å². The van der Waals surface area contributed by atoms with Crippen molar-refractivity contribution in [3.63, 3.8) is 0 Å². The topological polar surface area (TPSA) is 47.6 Å². The van der Waals surface area contributed by atoms with Crippen LogP contribution in [-0.4, -0.2) is 31.0 Å². The Morgan fingerprint density at radius 3 is 2.30 bits per heavy atom. The van der Waals surface area contributed by atoms with E-state index < -0.39 is 0 Å². The highest BCUT2D eigenvalue weighted by molar-refractivity contribution is 9.09. The zero-order valence-corrected chi connectivity index (χ0v) is 13.4. The Balaban J connectivity index is 2.11. The Morgan fingerprint density at radius 2 is 1.75 bits per heavy atom. The number of carbonyl (C=O) groups is 1. The normalized spacial score (nSPS) is 22.1. The van der Waals surface area contributed by atoms with Gasteiger partial charge in [-0.05, 0) is 25.0 Å². The number of amides is 1. The van der Waals surface area contributed by atoms with Gasteiger partial charge in [0.05, 0.1) is 14.2 Å². The molecule has 20 heavy (non-hydrogen) atoms. The molecule has 110 valence electrons. The van der Waals surface area contributed by atoms with Gasteiger partial charge < -0.3 is 14.8 Å². The van der Waals surface area contributed by atoms with Crippen LogP contribution in [-0.2, 0) is 0 Å². The SMILES string of the molecule is COc1cc(OC)cc(C(=O)NC2CCCCC2Br)c1. The summed E-state index contributed by atoms with van der Waals surface area (Å²) in [5.41, 5.74) is 0.562. The molecule has 1 aliphatic carbocycles. The number of ether oxygens (including phenoxy) is 2. The summed E-state index contributed by atoms with van der Waals surface area (Å²) in [5, 5.41) is 3.09. The van der Waals surface area contributed by atoms with Crippen molar-refractivity contribution in [2.24, 2.45) is 0 Å². The van der Waals surface area contributed by atoms with Crippen LogP contribution in [0.4, 0.5) is 0 Å². The standard InChI is InChI=1S/C15H20BrNO3/c1-19-11-7-10(8-12(9-11)20-2)15(18)17-14-6-4-3-5-13(14)16/h7-9,13-14H,3-6H2,1-2H3,(H,17,18). The minimum absolute atomic E-state index is 0.0847. The summed E-state index contributed by atoms with van der Waals surface area (Å²) < 4.78 is 10.4. The molecule has 1 saturated carbocycles. The van der Waals surface area contributed by atoms with E-state index in [9.17, 15) is 4.79 Å². The van der Waals surface area contributed by atoms with Crippen molar-refractivity contribution < 1.29 is 14.3 Å². The van der Waals surface area contributed by atoms with Gasteiger partial charge in [0.2, 0.25) is 0 Å². The Morgan fingerprint density at radius 1 is 1.15 bits per heavy atom. The molecule has 1 aromatic rings. The van der Waals surface area contributed by atoms with Gasteiger partial charge in [0, 0.05) is 22.5 Å². The number of hydrogen-bond acceptors (Lipinski definition) is 3. The van der Waals surface area contributed by atoms with E-state index in [1.165, 1.54) is 6.42 Å². The third-order valence-electron chi connectivity index (χ3n) is 3.61. The van der Waals surface area contributed by atoms with E-state index in [1.54, 1.807) is 32.4 Å². The second-order valence-electron chi connectivity index (χ2n) is 4.98. The van der Waals surface area contributed by atoms with Crippen molar-refractivity contribution in [1.29, 1.82) is 0 Å². The average molecular weight is 342 g/mol. The molecule has 1 fully saturated rings. The van der Waals surface area contributed by atoms with E-state index >= 15 is 0 Å². The van der Waals surface area contributed by atoms with Crippen molar-refractivity contribution in [2.75, 3.05) is 14.2 Å². The summed E-state index contributed by atoms with van der Waals surface area (Å²) in [6, 6.07) is 5.40. The molecule has 0 radical (unpaired) electrons. The first-order valence-corrected chi connectivity index (χ1v) is 7.73. The molecule has 1 aromatic carbocycles. The van der Waals surface area contributed by atoms with Gasteiger partial charge in [-0.1, -0.05) is 28.8 Å². The molecule has 0 heterocycles. The van der Waals surface area contributed by atoms with E-state index in [0.29, 0.717) is 21.9 Å². The van der Waals surface area contributed by atoms with Crippen molar-refractivity contribution in [1.82, 2.24) is 5.32 Å². The van der Waals surface area contributed by atoms with E-state index in [0.717, 1.165) is 19.3 Å². The van der Waals surface area contributed by atoms with Crippen molar-refractivity contribution >= 4 is 21.8 Å². The van der Waals surface area contributed by atoms with Gasteiger partial charge in [-0.15, -0.1) is 0 Å². The fourth-order valence-electron chi connectivity index (χ4n) is 2.44. The highest BCUT2D eigenvalue weighted by Gasteiger charge is 2.24. The Labute approximate surface area is 128 Å². The van der Waals surface area contributed by atoms with Crippen LogP contribution in [0.25, 0.3) is 0 Å². The summed E-state index contributed by atoms with van der Waals surface area (Å²) in [6.07, 6.45) is 4.50. The number of alkyl halides is 1. The summed E-state index contributed by atoms with van der Waals surface area (Å²) in [7, 11) is 3.15. The van der Waals surface area contributed by atoms with Crippen LogP contribution in [0.15, 0.2) is 18.2 Å². The van der Waals surface area contributed by atoms with Gasteiger partial charge in [-0.2, -0.15) is 0 Å². The number of carbonyl (C=O) groups excluding carboxylic acids is 1. The van der Waals surface area contributed by atoms with Crippen LogP contribution in [0.2, 0.25) is 0 Å². The molecule has 1 aliphatic rings. The number of benzene rings is 1. The van der Waals surface area contributed by atoms with Gasteiger partial charge in [0.15, 0.2) is 0 Å². The fraction of sp³-hybridized carbons (Fsp3) is 0.533. The first-order chi connectivity index (χ1) is 9.63. The molecule has 0 saturated heterocycles. The van der Waals surface area contributed by atoms with E-state index in [4.69, 9.17) is 9.47 Å². The van der Waals surface area contributed by atoms with Crippen LogP contribution >= 0.6 is 15.9 Å². The van der Waals surface area contributed by atoms with Gasteiger partial charge in [0.1, 0.15) is 11.5 Å². The zero-order chi connectivity index (χ0) is 14.5. The van der Waals surface area contributed by atoms with Gasteiger partial charge in [-0.25, -0.2) is 0 Å². The number of hydrogen-bond donors (Lipinski definition) is 1. The van der Waals surface area contributed by atoms with Gasteiger partial charge >= 0.3 is 0 Å². The Kier molecular flexibility index (Phi) is 5.29. The van der Waals surface area contributed by atoms with Crippen LogP contribution in [0, 0.1) is 0 Å². The van der Waals surface area contributed by atoms with Gasteiger partial charge in [-0.3, -0.25) is 4.79 Å². The third kappa shape index (κ3) is 3.66. The summed E-state index contributed by atoms with van der Waals surface area (Å²) >= 11 is 3.65. The van der Waals surface area contributed by atoms with Gasteiger partial charge in [0.25, 0.3) is 5.91 Å². The first kappa shape index (κ1) is 15.2. The zero-order valence-electron chi connectivity index (χ0n) is 11.8. The monoisotopic (exact) mass is 341 g/mol. The lowest BCUT2D eigenvalue weighted by Crippen LogP contribution is -2.42. The third-order valence-corrected chi connectivity index (χ3v) is 4.71. The Hall–Kier alpha value is -1.23. The summed E-state index contributed by atoms with van der Waals surface area (Å²) in [6.45, 7) is 0. The summed E-state index contributed by atoms with van der Waals surface area (Å²) in [4.78, 5) is 12.7. The lowest BCUT2D eigenvalue weighted by molar-refractivity contribution is 0.0929. The maximum Gasteiger partial charge on any atom is 0.251 e. The lowest BCUT2D eigenvalue weighted by atomic mass is 9.95. The van der Waals surface area contributed by atoms with Crippen LogP contribution < -0.4 is 14.8 Å². The number of methoxy groups -OCH3 is 2. The Bertz CT molecular complexity index is 456. The molecule has 0 bridgehead atoms. The molecule has 2 unspecified atom stereocenters. The average Bonchev–Trinajstić information content (AvgIpc) is 2.48. The largest absolute Gasteiger partial charge is 0.497 e. The highest BCUT2D eigenvalue weighted by atomic mass is 79.9. The van der Waals surface area contributed by atoms with Crippen molar-refractivity contribution in [3.8, 4) is 11.5 Å². The second kappa shape index (κ2) is 6.97.